The second-order valence-electron chi connectivity index (χ2n) is 6.29. The van der Waals surface area contributed by atoms with E-state index >= 15 is 0 Å². The third kappa shape index (κ3) is 3.79. The molecule has 0 unspecified atom stereocenters. The number of aromatic nitrogens is 2. The largest absolute Gasteiger partial charge is 0.352 e. The van der Waals surface area contributed by atoms with Crippen molar-refractivity contribution in [3.05, 3.63) is 62.5 Å². The molecular formula is C19H21N3O2S. The van der Waals surface area contributed by atoms with Crippen LogP contribution in [0.25, 0.3) is 10.2 Å². The van der Waals surface area contributed by atoms with Crippen LogP contribution in [-0.4, -0.2) is 15.5 Å². The van der Waals surface area contributed by atoms with Crippen molar-refractivity contribution in [2.24, 2.45) is 0 Å². The summed E-state index contributed by atoms with van der Waals surface area (Å²) in [5.74, 6) is -0.0725. The van der Waals surface area contributed by atoms with Crippen LogP contribution in [0.3, 0.4) is 0 Å². The molecule has 0 aliphatic carbocycles. The Morgan fingerprint density at radius 2 is 1.96 bits per heavy atom. The molecule has 0 atom stereocenters. The molecule has 2 aromatic heterocycles. The number of nitrogens with zero attached hydrogens (tertiary/aromatic N) is 2. The Morgan fingerprint density at radius 3 is 2.68 bits per heavy atom. The summed E-state index contributed by atoms with van der Waals surface area (Å²) < 4.78 is 1.50. The molecule has 0 aliphatic rings. The highest BCUT2D eigenvalue weighted by molar-refractivity contribution is 7.16. The smallest absolute Gasteiger partial charge is 0.262 e. The first-order valence-corrected chi connectivity index (χ1v) is 9.09. The van der Waals surface area contributed by atoms with Gasteiger partial charge < -0.3 is 5.32 Å². The lowest BCUT2D eigenvalue weighted by Crippen LogP contribution is -2.27. The Labute approximate surface area is 150 Å². The van der Waals surface area contributed by atoms with Gasteiger partial charge in [0, 0.05) is 19.5 Å². The number of thiophene rings is 1. The highest BCUT2D eigenvalue weighted by Crippen LogP contribution is 2.16. The van der Waals surface area contributed by atoms with Crippen LogP contribution in [0.2, 0.25) is 0 Å². The highest BCUT2D eigenvalue weighted by Gasteiger charge is 2.09. The SMILES string of the molecule is Cc1cc(C)c(CNC(=O)CCn2cnc3sccc3c2=O)c(C)c1. The second kappa shape index (κ2) is 7.19. The molecule has 1 aromatic carbocycles. The summed E-state index contributed by atoms with van der Waals surface area (Å²) >= 11 is 1.44. The third-order valence-corrected chi connectivity index (χ3v) is 5.15. The average Bonchev–Trinajstić information content (AvgIpc) is 3.02. The predicted molar refractivity (Wildman–Crippen MR) is 101 cm³/mol. The molecule has 0 saturated heterocycles. The van der Waals surface area contributed by atoms with Crippen LogP contribution in [-0.2, 0) is 17.9 Å². The molecule has 0 aliphatic heterocycles. The van der Waals surface area contributed by atoms with Crippen LogP contribution < -0.4 is 10.9 Å². The van der Waals surface area contributed by atoms with E-state index in [-0.39, 0.29) is 17.9 Å². The molecular weight excluding hydrogens is 334 g/mol. The summed E-state index contributed by atoms with van der Waals surface area (Å²) in [6, 6.07) is 6.01. The molecule has 0 saturated carbocycles. The van der Waals surface area contributed by atoms with E-state index in [4.69, 9.17) is 0 Å². The normalized spacial score (nSPS) is 11.0. The number of carbonyl (C=O) groups is 1. The molecule has 3 rings (SSSR count). The molecule has 1 N–H and O–H groups in total. The van der Waals surface area contributed by atoms with E-state index in [0.717, 1.165) is 10.4 Å². The molecule has 0 spiro atoms. The number of benzene rings is 1. The summed E-state index contributed by atoms with van der Waals surface area (Å²) in [5.41, 5.74) is 4.64. The Balaban J connectivity index is 1.61. The number of aryl methyl sites for hydroxylation is 4. The van der Waals surface area contributed by atoms with Crippen LogP contribution in [0.5, 0.6) is 0 Å². The Hall–Kier alpha value is -2.47. The van der Waals surface area contributed by atoms with Crippen molar-refractivity contribution in [2.45, 2.75) is 40.3 Å². The number of hydrogen-bond donors (Lipinski definition) is 1. The van der Waals surface area contributed by atoms with Gasteiger partial charge in [-0.05, 0) is 48.9 Å². The van der Waals surface area contributed by atoms with Crippen LogP contribution in [0, 0.1) is 20.8 Å². The van der Waals surface area contributed by atoms with Gasteiger partial charge in [0.1, 0.15) is 4.83 Å². The van der Waals surface area contributed by atoms with Crippen molar-refractivity contribution in [2.75, 3.05) is 0 Å². The Kier molecular flexibility index (Phi) is 4.99. The van der Waals surface area contributed by atoms with Crippen molar-refractivity contribution < 1.29 is 4.79 Å². The van der Waals surface area contributed by atoms with Gasteiger partial charge in [-0.15, -0.1) is 11.3 Å². The van der Waals surface area contributed by atoms with E-state index in [1.165, 1.54) is 38.9 Å². The fourth-order valence-corrected chi connectivity index (χ4v) is 3.76. The van der Waals surface area contributed by atoms with Gasteiger partial charge in [-0.1, -0.05) is 17.7 Å². The van der Waals surface area contributed by atoms with Gasteiger partial charge in [-0.2, -0.15) is 0 Å². The van der Waals surface area contributed by atoms with E-state index in [2.05, 4.69) is 43.2 Å². The molecule has 0 fully saturated rings. The number of amides is 1. The maximum Gasteiger partial charge on any atom is 0.262 e. The minimum Gasteiger partial charge on any atom is -0.352 e. The van der Waals surface area contributed by atoms with E-state index < -0.39 is 0 Å². The number of rotatable bonds is 5. The zero-order chi connectivity index (χ0) is 18.0. The van der Waals surface area contributed by atoms with Gasteiger partial charge in [0.25, 0.3) is 5.56 Å². The molecule has 0 radical (unpaired) electrons. The van der Waals surface area contributed by atoms with Gasteiger partial charge in [0.15, 0.2) is 0 Å². The van der Waals surface area contributed by atoms with Crippen LogP contribution in [0.4, 0.5) is 0 Å². The number of nitrogens with one attached hydrogen (secondary N) is 1. The first-order chi connectivity index (χ1) is 12.0. The van der Waals surface area contributed by atoms with Crippen molar-refractivity contribution in [1.82, 2.24) is 14.9 Å². The maximum atomic E-state index is 12.3. The molecule has 1 amide bonds. The maximum absolute atomic E-state index is 12.3. The van der Waals surface area contributed by atoms with Gasteiger partial charge in [0.05, 0.1) is 11.7 Å². The summed E-state index contributed by atoms with van der Waals surface area (Å²) in [6.45, 7) is 7.02. The van der Waals surface area contributed by atoms with Crippen LogP contribution in [0.1, 0.15) is 28.7 Å². The molecule has 0 bridgehead atoms. The summed E-state index contributed by atoms with van der Waals surface area (Å²) in [6.07, 6.45) is 1.77. The van der Waals surface area contributed by atoms with Crippen LogP contribution in [0.15, 0.2) is 34.7 Å². The Morgan fingerprint density at radius 1 is 1.24 bits per heavy atom. The van der Waals surface area contributed by atoms with E-state index in [1.54, 1.807) is 6.07 Å². The zero-order valence-electron chi connectivity index (χ0n) is 14.6. The minimum atomic E-state index is -0.0933. The lowest BCUT2D eigenvalue weighted by atomic mass is 10.00. The standard InChI is InChI=1S/C19H21N3O2S/c1-12-8-13(2)16(14(3)9-12)10-20-17(23)4-6-22-11-21-18-15(19(22)24)5-7-25-18/h5,7-9,11H,4,6,10H2,1-3H3,(H,20,23). The minimum absolute atomic E-state index is 0.0725. The van der Waals surface area contributed by atoms with E-state index in [1.807, 2.05) is 5.38 Å². The zero-order valence-corrected chi connectivity index (χ0v) is 15.4. The second-order valence-corrected chi connectivity index (χ2v) is 7.18. The highest BCUT2D eigenvalue weighted by atomic mass is 32.1. The molecule has 5 nitrogen and oxygen atoms in total. The monoisotopic (exact) mass is 355 g/mol. The van der Waals surface area contributed by atoms with Crippen LogP contribution >= 0.6 is 11.3 Å². The van der Waals surface area contributed by atoms with Gasteiger partial charge in [-0.25, -0.2) is 4.98 Å². The Bertz CT molecular complexity index is 965. The third-order valence-electron chi connectivity index (χ3n) is 4.33. The first kappa shape index (κ1) is 17.4. The molecule has 130 valence electrons. The van der Waals surface area contributed by atoms with Crippen molar-refractivity contribution in [1.29, 1.82) is 0 Å². The van der Waals surface area contributed by atoms with Crippen molar-refractivity contribution in [3.8, 4) is 0 Å². The van der Waals surface area contributed by atoms with E-state index in [9.17, 15) is 9.59 Å². The number of hydrogen-bond acceptors (Lipinski definition) is 4. The van der Waals surface area contributed by atoms with Gasteiger partial charge in [-0.3, -0.25) is 14.2 Å². The summed E-state index contributed by atoms with van der Waals surface area (Å²) in [4.78, 5) is 29.4. The quantitative estimate of drug-likeness (QED) is 0.765. The average molecular weight is 355 g/mol. The first-order valence-electron chi connectivity index (χ1n) is 8.22. The van der Waals surface area contributed by atoms with Gasteiger partial charge >= 0.3 is 0 Å². The summed E-state index contributed by atoms with van der Waals surface area (Å²) in [5, 5.41) is 5.41. The predicted octanol–water partition coefficient (Wildman–Crippen LogP) is 3.09. The van der Waals surface area contributed by atoms with E-state index in [0.29, 0.717) is 18.5 Å². The van der Waals surface area contributed by atoms with Crippen molar-refractivity contribution in [3.63, 3.8) is 0 Å². The number of carbonyl (C=O) groups excluding carboxylic acids is 1. The molecule has 3 aromatic rings. The summed E-state index contributed by atoms with van der Waals surface area (Å²) in [7, 11) is 0. The van der Waals surface area contributed by atoms with Gasteiger partial charge in [0.2, 0.25) is 5.91 Å². The molecule has 25 heavy (non-hydrogen) atoms. The lowest BCUT2D eigenvalue weighted by Gasteiger charge is -2.12. The number of fused-ring (bicyclic) bond motifs is 1. The topological polar surface area (TPSA) is 64.0 Å². The van der Waals surface area contributed by atoms with Crippen molar-refractivity contribution >= 4 is 27.5 Å². The molecule has 2 heterocycles. The lowest BCUT2D eigenvalue weighted by molar-refractivity contribution is -0.121. The molecule has 6 heteroatoms. The fourth-order valence-electron chi connectivity index (χ4n) is 3.04. The fraction of sp³-hybridized carbons (Fsp3) is 0.316.